The lowest BCUT2D eigenvalue weighted by molar-refractivity contribution is 0.290. The number of hydrogen-bond acceptors (Lipinski definition) is 4. The highest BCUT2D eigenvalue weighted by atomic mass is 35.5. The van der Waals surface area contributed by atoms with Gasteiger partial charge in [0.05, 0.1) is 0 Å². The maximum absolute atomic E-state index is 6.21. The van der Waals surface area contributed by atoms with Gasteiger partial charge < -0.3 is 4.90 Å². The van der Waals surface area contributed by atoms with Crippen molar-refractivity contribution in [2.75, 3.05) is 18.0 Å². The first-order valence-electron chi connectivity index (χ1n) is 7.70. The molecule has 1 aliphatic carbocycles. The first-order chi connectivity index (χ1) is 10.1. The Morgan fingerprint density at radius 1 is 1.29 bits per heavy atom. The zero-order chi connectivity index (χ0) is 14.6. The van der Waals surface area contributed by atoms with Crippen LogP contribution in [0.4, 0.5) is 5.95 Å². The molecule has 21 heavy (non-hydrogen) atoms. The highest BCUT2D eigenvalue weighted by Crippen LogP contribution is 2.41. The largest absolute Gasteiger partial charge is 0.340 e. The molecule has 2 aromatic heterocycles. The third kappa shape index (κ3) is 2.27. The van der Waals surface area contributed by atoms with E-state index < -0.39 is 0 Å². The summed E-state index contributed by atoms with van der Waals surface area (Å²) in [5.74, 6) is 1.52. The zero-order valence-electron chi connectivity index (χ0n) is 12.5. The van der Waals surface area contributed by atoms with Gasteiger partial charge in [-0.05, 0) is 31.1 Å². The summed E-state index contributed by atoms with van der Waals surface area (Å²) in [5, 5.41) is 9.16. The third-order valence-electron chi connectivity index (χ3n) is 4.58. The van der Waals surface area contributed by atoms with Crippen molar-refractivity contribution in [1.29, 1.82) is 0 Å². The Balaban J connectivity index is 1.83. The fourth-order valence-corrected chi connectivity index (χ4v) is 3.52. The topological polar surface area (TPSA) is 46.3 Å². The maximum Gasteiger partial charge on any atom is 0.232 e. The van der Waals surface area contributed by atoms with E-state index in [0.717, 1.165) is 19.0 Å². The molecule has 2 fully saturated rings. The van der Waals surface area contributed by atoms with Gasteiger partial charge in [0.25, 0.3) is 0 Å². The molecule has 0 aromatic carbocycles. The average Bonchev–Trinajstić information content (AvgIpc) is 3.16. The van der Waals surface area contributed by atoms with E-state index in [2.05, 4.69) is 38.3 Å². The number of rotatable bonds is 2. The molecule has 1 saturated carbocycles. The van der Waals surface area contributed by atoms with E-state index in [9.17, 15) is 0 Å². The molecule has 0 N–H and O–H groups in total. The van der Waals surface area contributed by atoms with Gasteiger partial charge in [-0.3, -0.25) is 4.40 Å². The van der Waals surface area contributed by atoms with Crippen LogP contribution in [0.2, 0.25) is 5.15 Å². The number of hydrogen-bond donors (Lipinski definition) is 0. The van der Waals surface area contributed by atoms with Gasteiger partial charge in [-0.25, -0.2) is 4.98 Å². The van der Waals surface area contributed by atoms with Crippen molar-refractivity contribution in [3.8, 4) is 0 Å². The van der Waals surface area contributed by atoms with E-state index in [-0.39, 0.29) is 0 Å². The Morgan fingerprint density at radius 2 is 2.10 bits per heavy atom. The van der Waals surface area contributed by atoms with Gasteiger partial charge in [0.2, 0.25) is 5.95 Å². The molecule has 0 atom stereocenters. The Kier molecular flexibility index (Phi) is 2.89. The minimum absolute atomic E-state index is 0.320. The minimum atomic E-state index is 0.320. The number of fused-ring (bicyclic) bond motifs is 1. The predicted octanol–water partition coefficient (Wildman–Crippen LogP) is 3.28. The van der Waals surface area contributed by atoms with E-state index in [1.54, 1.807) is 0 Å². The summed E-state index contributed by atoms with van der Waals surface area (Å²) >= 11 is 6.21. The number of halogens is 1. The van der Waals surface area contributed by atoms with Crippen LogP contribution in [-0.2, 0) is 0 Å². The molecule has 0 unspecified atom stereocenters. The fraction of sp³-hybridized carbons (Fsp3) is 0.667. The van der Waals surface area contributed by atoms with Crippen molar-refractivity contribution in [3.63, 3.8) is 0 Å². The van der Waals surface area contributed by atoms with Crippen LogP contribution in [0.15, 0.2) is 6.20 Å². The van der Waals surface area contributed by atoms with Gasteiger partial charge >= 0.3 is 0 Å². The molecule has 2 aliphatic rings. The zero-order valence-corrected chi connectivity index (χ0v) is 13.3. The summed E-state index contributed by atoms with van der Waals surface area (Å²) in [6, 6.07) is 0. The monoisotopic (exact) mass is 305 g/mol. The second-order valence-electron chi connectivity index (χ2n) is 7.10. The quantitative estimate of drug-likeness (QED) is 0.854. The fourth-order valence-electron chi connectivity index (χ4n) is 3.35. The summed E-state index contributed by atoms with van der Waals surface area (Å²) in [7, 11) is 0. The first-order valence-corrected chi connectivity index (χ1v) is 8.07. The van der Waals surface area contributed by atoms with Gasteiger partial charge in [0.1, 0.15) is 0 Å². The SMILES string of the molecule is CC1(C)CCCN(c2nnc3c(Cl)ncc(C4CC4)n23)C1. The molecule has 112 valence electrons. The highest BCUT2D eigenvalue weighted by molar-refractivity contribution is 6.32. The Morgan fingerprint density at radius 3 is 2.81 bits per heavy atom. The van der Waals surface area contributed by atoms with E-state index in [0.29, 0.717) is 22.1 Å². The molecule has 1 saturated heterocycles. The van der Waals surface area contributed by atoms with Crippen LogP contribution in [0.3, 0.4) is 0 Å². The first kappa shape index (κ1) is 13.3. The average molecular weight is 306 g/mol. The Hall–Kier alpha value is -1.36. The van der Waals surface area contributed by atoms with Gasteiger partial charge in [-0.15, -0.1) is 10.2 Å². The van der Waals surface area contributed by atoms with Gasteiger partial charge in [-0.2, -0.15) is 0 Å². The summed E-state index contributed by atoms with van der Waals surface area (Å²) in [6.07, 6.45) is 6.80. The van der Waals surface area contributed by atoms with Crippen LogP contribution >= 0.6 is 11.6 Å². The van der Waals surface area contributed by atoms with Crippen molar-refractivity contribution in [1.82, 2.24) is 19.6 Å². The van der Waals surface area contributed by atoms with Gasteiger partial charge in [0, 0.05) is 30.9 Å². The van der Waals surface area contributed by atoms with Crippen molar-refractivity contribution < 1.29 is 0 Å². The Labute approximate surface area is 129 Å². The second kappa shape index (κ2) is 4.57. The second-order valence-corrected chi connectivity index (χ2v) is 7.45. The molecule has 6 heteroatoms. The van der Waals surface area contributed by atoms with Crippen LogP contribution in [0.5, 0.6) is 0 Å². The molecule has 0 bridgehead atoms. The van der Waals surface area contributed by atoms with Crippen molar-refractivity contribution in [2.45, 2.75) is 45.4 Å². The van der Waals surface area contributed by atoms with Crippen LogP contribution in [0.1, 0.15) is 51.1 Å². The van der Waals surface area contributed by atoms with E-state index in [1.165, 1.54) is 31.4 Å². The number of nitrogens with zero attached hydrogens (tertiary/aromatic N) is 5. The summed E-state index contributed by atoms with van der Waals surface area (Å²) < 4.78 is 2.13. The predicted molar refractivity (Wildman–Crippen MR) is 83.0 cm³/mol. The molecule has 5 nitrogen and oxygen atoms in total. The van der Waals surface area contributed by atoms with Crippen molar-refractivity contribution >= 4 is 23.2 Å². The molecule has 4 rings (SSSR count). The highest BCUT2D eigenvalue weighted by Gasteiger charge is 2.32. The molecule has 3 heterocycles. The standard InChI is InChI=1S/C15H20ClN5/c1-15(2)6-3-7-20(9-15)14-19-18-13-12(16)17-8-11(21(13)14)10-4-5-10/h8,10H,3-7,9H2,1-2H3. The van der Waals surface area contributed by atoms with Crippen LogP contribution in [0.25, 0.3) is 5.65 Å². The molecule has 0 radical (unpaired) electrons. The molecular formula is C15H20ClN5. The summed E-state index contributed by atoms with van der Waals surface area (Å²) in [5.41, 5.74) is 2.22. The smallest absolute Gasteiger partial charge is 0.232 e. The maximum atomic E-state index is 6.21. The van der Waals surface area contributed by atoms with Crippen molar-refractivity contribution in [3.05, 3.63) is 17.0 Å². The molecular weight excluding hydrogens is 286 g/mol. The number of anilines is 1. The summed E-state index contributed by atoms with van der Waals surface area (Å²) in [4.78, 5) is 6.63. The normalized spacial score (nSPS) is 22.0. The molecule has 0 amide bonds. The van der Waals surface area contributed by atoms with Crippen LogP contribution < -0.4 is 4.90 Å². The summed E-state index contributed by atoms with van der Waals surface area (Å²) in [6.45, 7) is 6.68. The van der Waals surface area contributed by atoms with Crippen molar-refractivity contribution in [2.24, 2.45) is 5.41 Å². The third-order valence-corrected chi connectivity index (χ3v) is 4.84. The van der Waals surface area contributed by atoms with E-state index in [1.807, 2.05) is 6.20 Å². The van der Waals surface area contributed by atoms with E-state index >= 15 is 0 Å². The van der Waals surface area contributed by atoms with Crippen LogP contribution in [-0.4, -0.2) is 32.7 Å². The lowest BCUT2D eigenvalue weighted by Crippen LogP contribution is -2.41. The lowest BCUT2D eigenvalue weighted by Gasteiger charge is -2.38. The minimum Gasteiger partial charge on any atom is -0.340 e. The van der Waals surface area contributed by atoms with Crippen LogP contribution in [0, 0.1) is 5.41 Å². The number of piperidine rings is 1. The molecule has 2 aromatic rings. The van der Waals surface area contributed by atoms with Gasteiger partial charge in [-0.1, -0.05) is 25.4 Å². The molecule has 1 aliphatic heterocycles. The lowest BCUT2D eigenvalue weighted by atomic mass is 9.84. The molecule has 0 spiro atoms. The Bertz CT molecular complexity index is 689. The number of aromatic nitrogens is 4. The van der Waals surface area contributed by atoms with Gasteiger partial charge in [0.15, 0.2) is 10.8 Å². The van der Waals surface area contributed by atoms with E-state index in [4.69, 9.17) is 11.6 Å².